The van der Waals surface area contributed by atoms with Crippen molar-refractivity contribution >= 4 is 0 Å². The molecule has 0 bridgehead atoms. The van der Waals surface area contributed by atoms with Gasteiger partial charge in [0, 0.05) is 6.61 Å². The van der Waals surface area contributed by atoms with E-state index < -0.39 is 6.10 Å². The predicted molar refractivity (Wildman–Crippen MR) is 47.7 cm³/mol. The van der Waals surface area contributed by atoms with Crippen LogP contribution in [0.2, 0.25) is 0 Å². The summed E-state index contributed by atoms with van der Waals surface area (Å²) < 4.78 is 12.5. The Kier molecular flexibility index (Phi) is 3.86. The third-order valence-electron chi connectivity index (χ3n) is 1.89. The van der Waals surface area contributed by atoms with Gasteiger partial charge in [-0.05, 0) is 30.5 Å². The summed E-state index contributed by atoms with van der Waals surface area (Å²) in [6.45, 7) is 0.0677. The molecular weight excluding hydrogens is 171 g/mol. The van der Waals surface area contributed by atoms with Gasteiger partial charge in [-0.1, -0.05) is 12.1 Å². The quantitative estimate of drug-likeness (QED) is 0.746. The molecule has 0 unspecified atom stereocenters. The summed E-state index contributed by atoms with van der Waals surface area (Å²) >= 11 is 0. The Morgan fingerprint density at radius 1 is 1.23 bits per heavy atom. The van der Waals surface area contributed by atoms with Gasteiger partial charge < -0.3 is 10.2 Å². The van der Waals surface area contributed by atoms with Crippen molar-refractivity contribution in [1.29, 1.82) is 0 Å². The van der Waals surface area contributed by atoms with Crippen LogP contribution in [0, 0.1) is 5.82 Å². The molecule has 0 aliphatic carbocycles. The lowest BCUT2D eigenvalue weighted by atomic mass is 10.1. The van der Waals surface area contributed by atoms with Gasteiger partial charge in [0.05, 0.1) is 6.10 Å². The van der Waals surface area contributed by atoms with E-state index in [4.69, 9.17) is 5.11 Å². The van der Waals surface area contributed by atoms with Crippen molar-refractivity contribution in [1.82, 2.24) is 0 Å². The van der Waals surface area contributed by atoms with Crippen LogP contribution in [0.3, 0.4) is 0 Å². The molecule has 0 saturated carbocycles. The second kappa shape index (κ2) is 4.94. The minimum atomic E-state index is -0.604. The van der Waals surface area contributed by atoms with Gasteiger partial charge in [-0.25, -0.2) is 4.39 Å². The van der Waals surface area contributed by atoms with Gasteiger partial charge in [0.1, 0.15) is 5.82 Å². The Morgan fingerprint density at radius 3 is 2.38 bits per heavy atom. The van der Waals surface area contributed by atoms with Crippen LogP contribution in [-0.4, -0.2) is 16.8 Å². The lowest BCUT2D eigenvalue weighted by Gasteiger charge is -2.09. The van der Waals surface area contributed by atoms with Crippen molar-refractivity contribution < 1.29 is 14.6 Å². The van der Waals surface area contributed by atoms with Gasteiger partial charge >= 0.3 is 0 Å². The van der Waals surface area contributed by atoms with E-state index in [-0.39, 0.29) is 12.4 Å². The summed E-state index contributed by atoms with van der Waals surface area (Å²) in [6, 6.07) is 5.74. The second-order valence-electron chi connectivity index (χ2n) is 2.93. The molecule has 72 valence electrons. The predicted octanol–water partition coefficient (Wildman–Crippen LogP) is 1.63. The zero-order valence-corrected chi connectivity index (χ0v) is 7.28. The van der Waals surface area contributed by atoms with Crippen molar-refractivity contribution in [3.8, 4) is 0 Å². The molecule has 1 aromatic rings. The molecule has 13 heavy (non-hydrogen) atoms. The van der Waals surface area contributed by atoms with Crippen molar-refractivity contribution in [2.24, 2.45) is 0 Å². The van der Waals surface area contributed by atoms with Crippen LogP contribution in [0.5, 0.6) is 0 Å². The molecule has 0 heterocycles. The van der Waals surface area contributed by atoms with Gasteiger partial charge in [0.2, 0.25) is 0 Å². The molecule has 0 fully saturated rings. The first-order valence-corrected chi connectivity index (χ1v) is 4.28. The van der Waals surface area contributed by atoms with Crippen LogP contribution in [0.15, 0.2) is 24.3 Å². The van der Waals surface area contributed by atoms with Crippen molar-refractivity contribution in [3.05, 3.63) is 35.6 Å². The highest BCUT2D eigenvalue weighted by Crippen LogP contribution is 2.17. The van der Waals surface area contributed by atoms with Crippen LogP contribution in [-0.2, 0) is 0 Å². The SMILES string of the molecule is OCCC[C@H](O)c1ccc(F)cc1. The van der Waals surface area contributed by atoms with E-state index in [1.165, 1.54) is 12.1 Å². The topological polar surface area (TPSA) is 40.5 Å². The Morgan fingerprint density at radius 2 is 1.85 bits per heavy atom. The number of hydrogen-bond donors (Lipinski definition) is 2. The number of aliphatic hydroxyl groups is 2. The van der Waals surface area contributed by atoms with E-state index in [9.17, 15) is 9.50 Å². The lowest BCUT2D eigenvalue weighted by molar-refractivity contribution is 0.151. The Bertz CT molecular complexity index is 246. The summed E-state index contributed by atoms with van der Waals surface area (Å²) in [5.74, 6) is -0.307. The summed E-state index contributed by atoms with van der Waals surface area (Å²) in [5.41, 5.74) is 0.690. The fourth-order valence-corrected chi connectivity index (χ4v) is 1.14. The maximum Gasteiger partial charge on any atom is 0.123 e. The summed E-state index contributed by atoms with van der Waals surface area (Å²) in [5, 5.41) is 18.0. The molecule has 0 aliphatic heterocycles. The third kappa shape index (κ3) is 3.13. The second-order valence-corrected chi connectivity index (χ2v) is 2.93. The first kappa shape index (κ1) is 10.2. The van der Waals surface area contributed by atoms with Gasteiger partial charge in [-0.2, -0.15) is 0 Å². The number of rotatable bonds is 4. The first-order valence-electron chi connectivity index (χ1n) is 4.28. The molecule has 1 aromatic carbocycles. The average Bonchev–Trinajstić information content (AvgIpc) is 2.15. The van der Waals surface area contributed by atoms with Crippen LogP contribution >= 0.6 is 0 Å². The van der Waals surface area contributed by atoms with E-state index >= 15 is 0 Å². The Labute approximate surface area is 76.6 Å². The number of hydrogen-bond acceptors (Lipinski definition) is 2. The van der Waals surface area contributed by atoms with Crippen molar-refractivity contribution in [2.45, 2.75) is 18.9 Å². The number of benzene rings is 1. The van der Waals surface area contributed by atoms with Crippen LogP contribution in [0.25, 0.3) is 0 Å². The van der Waals surface area contributed by atoms with Gasteiger partial charge in [-0.15, -0.1) is 0 Å². The normalized spacial score (nSPS) is 12.8. The van der Waals surface area contributed by atoms with Gasteiger partial charge in [-0.3, -0.25) is 0 Å². The van der Waals surface area contributed by atoms with E-state index in [1.54, 1.807) is 12.1 Å². The summed E-state index contributed by atoms with van der Waals surface area (Å²) in [7, 11) is 0. The maximum atomic E-state index is 12.5. The van der Waals surface area contributed by atoms with Crippen molar-refractivity contribution in [2.75, 3.05) is 6.61 Å². The highest BCUT2D eigenvalue weighted by atomic mass is 19.1. The number of aliphatic hydroxyl groups excluding tert-OH is 2. The summed E-state index contributed by atoms with van der Waals surface area (Å²) in [6.07, 6.45) is 0.452. The molecular formula is C10H13FO2. The van der Waals surface area contributed by atoms with E-state index in [1.807, 2.05) is 0 Å². The molecule has 0 aromatic heterocycles. The van der Waals surface area contributed by atoms with Crippen molar-refractivity contribution in [3.63, 3.8) is 0 Å². The van der Waals surface area contributed by atoms with Crippen LogP contribution in [0.4, 0.5) is 4.39 Å². The Hall–Kier alpha value is -0.930. The largest absolute Gasteiger partial charge is 0.396 e. The minimum absolute atomic E-state index is 0.0677. The molecule has 2 nitrogen and oxygen atoms in total. The molecule has 0 spiro atoms. The minimum Gasteiger partial charge on any atom is -0.396 e. The average molecular weight is 184 g/mol. The molecule has 1 rings (SSSR count). The number of halogens is 1. The van der Waals surface area contributed by atoms with E-state index in [2.05, 4.69) is 0 Å². The first-order chi connectivity index (χ1) is 6.24. The third-order valence-corrected chi connectivity index (χ3v) is 1.89. The fraction of sp³-hybridized carbons (Fsp3) is 0.400. The molecule has 3 heteroatoms. The molecule has 0 aliphatic rings. The zero-order chi connectivity index (χ0) is 9.68. The molecule has 0 amide bonds. The van der Waals surface area contributed by atoms with E-state index in [0.29, 0.717) is 18.4 Å². The van der Waals surface area contributed by atoms with Gasteiger partial charge in [0.15, 0.2) is 0 Å². The monoisotopic (exact) mass is 184 g/mol. The van der Waals surface area contributed by atoms with Crippen LogP contribution < -0.4 is 0 Å². The van der Waals surface area contributed by atoms with Gasteiger partial charge in [0.25, 0.3) is 0 Å². The fourth-order valence-electron chi connectivity index (χ4n) is 1.14. The summed E-state index contributed by atoms with van der Waals surface area (Å²) in [4.78, 5) is 0. The Balaban J connectivity index is 2.55. The molecule has 0 saturated heterocycles. The zero-order valence-electron chi connectivity index (χ0n) is 7.28. The lowest BCUT2D eigenvalue weighted by Crippen LogP contribution is -1.98. The van der Waals surface area contributed by atoms with Crippen LogP contribution in [0.1, 0.15) is 24.5 Å². The maximum absolute atomic E-state index is 12.5. The molecule has 0 radical (unpaired) electrons. The molecule has 2 N–H and O–H groups in total. The van der Waals surface area contributed by atoms with E-state index in [0.717, 1.165) is 0 Å². The standard InChI is InChI=1S/C10H13FO2/c11-9-5-3-8(4-6-9)10(13)2-1-7-12/h3-6,10,12-13H,1-2,7H2/t10-/m0/s1. The smallest absolute Gasteiger partial charge is 0.123 e. The highest BCUT2D eigenvalue weighted by molar-refractivity contribution is 5.18. The molecule has 1 atom stereocenters. The highest BCUT2D eigenvalue weighted by Gasteiger charge is 2.06.